The van der Waals surface area contributed by atoms with Crippen LogP contribution in [0, 0.1) is 0 Å². The number of nitrogens with zero attached hydrogens (tertiary/aromatic N) is 1. The SMILES string of the molecule is [Li][CH2][Si](C)(C)c1cccc(C2OCCO2)n1. The van der Waals surface area contributed by atoms with Crippen LogP contribution in [0.25, 0.3) is 0 Å². The molecule has 0 amide bonds. The molecule has 0 bridgehead atoms. The van der Waals surface area contributed by atoms with Crippen LogP contribution in [0.15, 0.2) is 18.2 Å². The minimum atomic E-state index is -1.36. The quantitative estimate of drug-likeness (QED) is 0.729. The van der Waals surface area contributed by atoms with Crippen LogP contribution in [0.4, 0.5) is 0 Å². The number of pyridine rings is 1. The molecule has 5 heteroatoms. The van der Waals surface area contributed by atoms with Gasteiger partial charge in [-0.25, -0.2) is 0 Å². The molecule has 16 heavy (non-hydrogen) atoms. The van der Waals surface area contributed by atoms with Gasteiger partial charge < -0.3 is 0 Å². The Morgan fingerprint density at radius 1 is 1.38 bits per heavy atom. The van der Waals surface area contributed by atoms with E-state index in [1.807, 2.05) is 6.07 Å². The molecule has 1 aromatic heterocycles. The van der Waals surface area contributed by atoms with Gasteiger partial charge in [0, 0.05) is 0 Å². The Balaban J connectivity index is 2.25. The number of ether oxygens (including phenoxy) is 2. The van der Waals surface area contributed by atoms with E-state index in [0.717, 1.165) is 5.69 Å². The van der Waals surface area contributed by atoms with Gasteiger partial charge in [0.05, 0.1) is 0 Å². The van der Waals surface area contributed by atoms with E-state index in [1.165, 1.54) is 10.0 Å². The molecule has 0 radical (unpaired) electrons. The predicted octanol–water partition coefficient (Wildman–Crippen LogP) is 1.17. The van der Waals surface area contributed by atoms with Gasteiger partial charge >= 0.3 is 107 Å². The van der Waals surface area contributed by atoms with Gasteiger partial charge in [-0.15, -0.1) is 0 Å². The van der Waals surface area contributed by atoms with Crippen LogP contribution in [-0.2, 0) is 9.47 Å². The molecule has 82 valence electrons. The summed E-state index contributed by atoms with van der Waals surface area (Å²) < 4.78 is 12.1. The summed E-state index contributed by atoms with van der Waals surface area (Å²) in [5, 5.41) is 1.24. The summed E-state index contributed by atoms with van der Waals surface area (Å²) in [6.45, 7) is 6.03. The van der Waals surface area contributed by atoms with Crippen molar-refractivity contribution in [3.05, 3.63) is 23.9 Å². The molecular formula is C11H16LiNO2Si. The van der Waals surface area contributed by atoms with Crippen molar-refractivity contribution in [2.75, 3.05) is 13.2 Å². The zero-order valence-corrected chi connectivity index (χ0v) is 11.2. The second kappa shape index (κ2) is 5.03. The van der Waals surface area contributed by atoms with Crippen LogP contribution in [0.1, 0.15) is 12.0 Å². The van der Waals surface area contributed by atoms with Crippen LogP contribution in [0.5, 0.6) is 0 Å². The van der Waals surface area contributed by atoms with Gasteiger partial charge in [0.1, 0.15) is 0 Å². The first kappa shape index (κ1) is 12.3. The van der Waals surface area contributed by atoms with Crippen LogP contribution in [0.2, 0.25) is 17.8 Å². The van der Waals surface area contributed by atoms with E-state index in [-0.39, 0.29) is 6.29 Å². The molecule has 3 nitrogen and oxygen atoms in total. The van der Waals surface area contributed by atoms with Gasteiger partial charge in [-0.1, -0.05) is 0 Å². The first-order chi connectivity index (χ1) is 7.63. The topological polar surface area (TPSA) is 31.4 Å². The van der Waals surface area contributed by atoms with Gasteiger partial charge in [-0.3, -0.25) is 0 Å². The molecule has 0 aromatic carbocycles. The summed E-state index contributed by atoms with van der Waals surface area (Å²) in [6, 6.07) is 6.18. The van der Waals surface area contributed by atoms with E-state index in [2.05, 4.69) is 42.9 Å². The maximum absolute atomic E-state index is 5.47. The van der Waals surface area contributed by atoms with Crippen molar-refractivity contribution in [3.63, 3.8) is 0 Å². The normalized spacial score (nSPS) is 18.0. The van der Waals surface area contributed by atoms with Crippen molar-refractivity contribution in [3.8, 4) is 0 Å². The van der Waals surface area contributed by atoms with Crippen molar-refractivity contribution < 1.29 is 9.47 Å². The monoisotopic (exact) mass is 229 g/mol. The number of aromatic nitrogens is 1. The molecule has 0 saturated carbocycles. The number of rotatable bonds is 3. The Labute approximate surface area is 107 Å². The second-order valence-electron chi connectivity index (χ2n) is 4.76. The van der Waals surface area contributed by atoms with Crippen LogP contribution >= 0.6 is 0 Å². The predicted molar refractivity (Wildman–Crippen MR) is 66.6 cm³/mol. The summed E-state index contributed by atoms with van der Waals surface area (Å²) in [6.07, 6.45) is -0.249. The molecular weight excluding hydrogens is 213 g/mol. The van der Waals surface area contributed by atoms with Crippen LogP contribution in [-0.4, -0.2) is 44.0 Å². The van der Waals surface area contributed by atoms with Crippen molar-refractivity contribution in [2.24, 2.45) is 0 Å². The average molecular weight is 229 g/mol. The molecule has 1 fully saturated rings. The molecule has 1 aromatic rings. The third-order valence-electron chi connectivity index (χ3n) is 3.21. The molecule has 0 spiro atoms. The van der Waals surface area contributed by atoms with Crippen LogP contribution < -0.4 is 5.32 Å². The number of hydrogen-bond acceptors (Lipinski definition) is 3. The first-order valence-corrected chi connectivity index (χ1v) is 9.05. The Morgan fingerprint density at radius 2 is 2.06 bits per heavy atom. The van der Waals surface area contributed by atoms with E-state index < -0.39 is 8.07 Å². The fraction of sp³-hybridized carbons (Fsp3) is 0.545. The molecule has 1 saturated heterocycles. The van der Waals surface area contributed by atoms with Crippen molar-refractivity contribution >= 4 is 31.1 Å². The maximum atomic E-state index is 5.47. The molecule has 2 rings (SSSR count). The van der Waals surface area contributed by atoms with E-state index in [4.69, 9.17) is 14.5 Å². The fourth-order valence-electron chi connectivity index (χ4n) is 1.67. The molecule has 0 atom stereocenters. The summed E-state index contributed by atoms with van der Waals surface area (Å²) >= 11 is 2.24. The van der Waals surface area contributed by atoms with Crippen LogP contribution in [0.3, 0.4) is 0 Å². The van der Waals surface area contributed by atoms with Gasteiger partial charge in [-0.2, -0.15) is 0 Å². The minimum absolute atomic E-state index is 0.249. The zero-order valence-electron chi connectivity index (χ0n) is 10.2. The third kappa shape index (κ3) is 2.58. The van der Waals surface area contributed by atoms with Gasteiger partial charge in [0.25, 0.3) is 0 Å². The van der Waals surface area contributed by atoms with Crippen molar-refractivity contribution in [2.45, 2.75) is 24.1 Å². The Morgan fingerprint density at radius 3 is 2.69 bits per heavy atom. The summed E-state index contributed by atoms with van der Waals surface area (Å²) in [5.74, 6) is 0. The van der Waals surface area contributed by atoms with E-state index in [9.17, 15) is 0 Å². The number of hydrogen-bond donors (Lipinski definition) is 0. The van der Waals surface area contributed by atoms with E-state index in [0.29, 0.717) is 13.2 Å². The third-order valence-corrected chi connectivity index (χ3v) is 6.64. The molecule has 0 unspecified atom stereocenters. The summed E-state index contributed by atoms with van der Waals surface area (Å²) in [4.78, 5) is 4.71. The summed E-state index contributed by atoms with van der Waals surface area (Å²) in [5.41, 5.74) is 0.920. The van der Waals surface area contributed by atoms with Crippen molar-refractivity contribution in [1.82, 2.24) is 4.98 Å². The van der Waals surface area contributed by atoms with Gasteiger partial charge in [0.2, 0.25) is 0 Å². The molecule has 1 aliphatic heterocycles. The van der Waals surface area contributed by atoms with Gasteiger partial charge in [-0.05, 0) is 0 Å². The molecule has 2 heterocycles. The average Bonchev–Trinajstić information content (AvgIpc) is 2.83. The molecule has 1 aliphatic rings. The Bertz CT molecular complexity index is 367. The van der Waals surface area contributed by atoms with Gasteiger partial charge in [0.15, 0.2) is 0 Å². The van der Waals surface area contributed by atoms with E-state index in [1.54, 1.807) is 0 Å². The second-order valence-corrected chi connectivity index (χ2v) is 9.75. The van der Waals surface area contributed by atoms with Crippen molar-refractivity contribution in [1.29, 1.82) is 0 Å². The standard InChI is InChI=1S/C11H16NO2Si.Li/c1-15(2,3)10-6-4-5-9(12-10)11-13-7-8-14-11;/h4-6,11H,1,7-8H2,2-3H3;. The fourth-order valence-corrected chi connectivity index (χ4v) is 3.01. The first-order valence-electron chi connectivity index (χ1n) is 5.84. The zero-order chi connectivity index (χ0) is 11.6. The Hall–Kier alpha value is -0.116. The molecule has 0 aliphatic carbocycles. The summed E-state index contributed by atoms with van der Waals surface area (Å²) in [7, 11) is -1.36. The van der Waals surface area contributed by atoms with E-state index >= 15 is 0 Å². The Kier molecular flexibility index (Phi) is 3.88. The molecule has 0 N–H and O–H groups in total.